The summed E-state index contributed by atoms with van der Waals surface area (Å²) in [5.41, 5.74) is 1.30. The van der Waals surface area contributed by atoms with Crippen molar-refractivity contribution in [2.24, 2.45) is 0 Å². The van der Waals surface area contributed by atoms with Crippen LogP contribution in [0.3, 0.4) is 0 Å². The van der Waals surface area contributed by atoms with Gasteiger partial charge in [0.25, 0.3) is 0 Å². The Kier molecular flexibility index (Phi) is 5.86. The first-order valence-electron chi connectivity index (χ1n) is 5.13. The fourth-order valence-electron chi connectivity index (χ4n) is 1.11. The predicted octanol–water partition coefficient (Wildman–Crippen LogP) is 1.18. The SMILES string of the molecule is CCCC(=O)N(C)NC(C)(ONC)C(F)(F)F. The molecule has 17 heavy (non-hydrogen) atoms. The highest BCUT2D eigenvalue weighted by Gasteiger charge is 2.54. The van der Waals surface area contributed by atoms with Crippen molar-refractivity contribution in [3.05, 3.63) is 0 Å². The molecule has 0 aliphatic rings. The van der Waals surface area contributed by atoms with Gasteiger partial charge in [-0.3, -0.25) is 14.6 Å². The van der Waals surface area contributed by atoms with Gasteiger partial charge in [0.1, 0.15) is 0 Å². The molecule has 2 N–H and O–H groups in total. The number of amides is 1. The number of hydrazine groups is 1. The number of nitrogens with one attached hydrogen (secondary N) is 2. The molecule has 0 aromatic heterocycles. The van der Waals surface area contributed by atoms with Crippen LogP contribution in [0.15, 0.2) is 0 Å². The summed E-state index contributed by atoms with van der Waals surface area (Å²) in [7, 11) is 2.43. The molecule has 0 rings (SSSR count). The van der Waals surface area contributed by atoms with Crippen molar-refractivity contribution in [1.82, 2.24) is 15.9 Å². The van der Waals surface area contributed by atoms with Crippen LogP contribution in [-0.4, -0.2) is 36.9 Å². The van der Waals surface area contributed by atoms with Crippen LogP contribution in [0, 0.1) is 0 Å². The van der Waals surface area contributed by atoms with Gasteiger partial charge in [0.2, 0.25) is 11.6 Å². The third kappa shape index (κ3) is 4.49. The lowest BCUT2D eigenvalue weighted by molar-refractivity contribution is -0.312. The van der Waals surface area contributed by atoms with Gasteiger partial charge < -0.3 is 0 Å². The number of hydrogen-bond acceptors (Lipinski definition) is 4. The van der Waals surface area contributed by atoms with Crippen LogP contribution in [0.4, 0.5) is 13.2 Å². The van der Waals surface area contributed by atoms with E-state index in [1.165, 1.54) is 14.1 Å². The number of alkyl halides is 3. The smallest absolute Gasteiger partial charge is 0.278 e. The molecule has 0 heterocycles. The Balaban J connectivity index is 4.71. The summed E-state index contributed by atoms with van der Waals surface area (Å²) >= 11 is 0. The number of halogens is 3. The number of hydrogen-bond donors (Lipinski definition) is 2. The van der Waals surface area contributed by atoms with Crippen molar-refractivity contribution >= 4 is 5.91 Å². The van der Waals surface area contributed by atoms with E-state index in [1.54, 1.807) is 6.92 Å². The molecule has 1 amide bonds. The quantitative estimate of drug-likeness (QED) is 0.554. The molecule has 0 radical (unpaired) electrons. The zero-order valence-electron chi connectivity index (χ0n) is 10.3. The summed E-state index contributed by atoms with van der Waals surface area (Å²) < 4.78 is 38.2. The summed E-state index contributed by atoms with van der Waals surface area (Å²) in [5.74, 6) is -0.442. The van der Waals surface area contributed by atoms with Gasteiger partial charge >= 0.3 is 6.18 Å². The molecule has 8 heteroatoms. The Morgan fingerprint density at radius 3 is 2.29 bits per heavy atom. The first-order valence-corrected chi connectivity index (χ1v) is 5.13. The average molecular weight is 257 g/mol. The van der Waals surface area contributed by atoms with Crippen molar-refractivity contribution < 1.29 is 22.8 Å². The highest BCUT2D eigenvalue weighted by Crippen LogP contribution is 2.30. The van der Waals surface area contributed by atoms with Crippen LogP contribution in [-0.2, 0) is 9.63 Å². The van der Waals surface area contributed by atoms with Crippen molar-refractivity contribution in [2.75, 3.05) is 14.1 Å². The van der Waals surface area contributed by atoms with E-state index in [9.17, 15) is 18.0 Å². The highest BCUT2D eigenvalue weighted by atomic mass is 19.4. The largest absolute Gasteiger partial charge is 0.434 e. The molecule has 0 aromatic rings. The van der Waals surface area contributed by atoms with E-state index in [0.29, 0.717) is 6.42 Å². The molecule has 0 spiro atoms. The lowest BCUT2D eigenvalue weighted by atomic mass is 10.2. The minimum absolute atomic E-state index is 0.164. The van der Waals surface area contributed by atoms with Crippen molar-refractivity contribution in [1.29, 1.82) is 0 Å². The van der Waals surface area contributed by atoms with E-state index in [0.717, 1.165) is 11.9 Å². The van der Waals surface area contributed by atoms with Gasteiger partial charge in [-0.1, -0.05) is 6.92 Å². The maximum Gasteiger partial charge on any atom is 0.434 e. The fraction of sp³-hybridized carbons (Fsp3) is 0.889. The van der Waals surface area contributed by atoms with Gasteiger partial charge in [-0.15, -0.1) is 0 Å². The normalized spacial score (nSPS) is 15.5. The monoisotopic (exact) mass is 257 g/mol. The Labute approximate surface area is 98.2 Å². The molecular weight excluding hydrogens is 239 g/mol. The second kappa shape index (κ2) is 6.18. The van der Waals surface area contributed by atoms with Crippen molar-refractivity contribution in [3.63, 3.8) is 0 Å². The van der Waals surface area contributed by atoms with Gasteiger partial charge in [-0.25, -0.2) is 5.48 Å². The summed E-state index contributed by atoms with van der Waals surface area (Å²) in [6.45, 7) is 2.55. The third-order valence-corrected chi connectivity index (χ3v) is 2.07. The van der Waals surface area contributed by atoms with E-state index in [-0.39, 0.29) is 6.42 Å². The molecule has 1 atom stereocenters. The number of hydroxylamine groups is 1. The standard InChI is InChI=1S/C9H18F3N3O2/c1-5-6-7(16)15(4)14-8(2,17-13-3)9(10,11)12/h13-14H,5-6H2,1-4H3. The lowest BCUT2D eigenvalue weighted by Crippen LogP contribution is -2.63. The molecular formula is C9H18F3N3O2. The van der Waals surface area contributed by atoms with E-state index in [4.69, 9.17) is 0 Å². The number of nitrogens with zero attached hydrogens (tertiary/aromatic N) is 1. The second-order valence-corrected chi connectivity index (χ2v) is 3.65. The third-order valence-electron chi connectivity index (χ3n) is 2.07. The Morgan fingerprint density at radius 1 is 1.41 bits per heavy atom. The van der Waals surface area contributed by atoms with Crippen LogP contribution in [0.1, 0.15) is 26.7 Å². The fourth-order valence-corrected chi connectivity index (χ4v) is 1.11. The summed E-state index contributed by atoms with van der Waals surface area (Å²) in [5, 5.41) is 0.786. The first kappa shape index (κ1) is 16.1. The van der Waals surface area contributed by atoms with Crippen LogP contribution in [0.25, 0.3) is 0 Å². The molecule has 102 valence electrons. The maximum atomic E-state index is 12.7. The average Bonchev–Trinajstić information content (AvgIpc) is 2.16. The van der Waals surface area contributed by atoms with Crippen LogP contribution in [0.5, 0.6) is 0 Å². The molecule has 5 nitrogen and oxygen atoms in total. The zero-order chi connectivity index (χ0) is 13.7. The second-order valence-electron chi connectivity index (χ2n) is 3.65. The van der Waals surface area contributed by atoms with Crippen LogP contribution < -0.4 is 10.9 Å². The van der Waals surface area contributed by atoms with Crippen molar-refractivity contribution in [3.8, 4) is 0 Å². The van der Waals surface area contributed by atoms with Gasteiger partial charge in [-0.2, -0.15) is 18.6 Å². The van der Waals surface area contributed by atoms with Gasteiger partial charge in [0, 0.05) is 20.5 Å². The van der Waals surface area contributed by atoms with E-state index >= 15 is 0 Å². The molecule has 0 saturated carbocycles. The number of carbonyl (C=O) groups excluding carboxylic acids is 1. The van der Waals surface area contributed by atoms with Gasteiger partial charge in [0.15, 0.2) is 0 Å². The number of carbonyl (C=O) groups is 1. The first-order chi connectivity index (χ1) is 7.68. The van der Waals surface area contributed by atoms with Crippen LogP contribution in [0.2, 0.25) is 0 Å². The minimum Gasteiger partial charge on any atom is -0.278 e. The molecule has 0 aliphatic carbocycles. The lowest BCUT2D eigenvalue weighted by Gasteiger charge is -2.35. The summed E-state index contributed by atoms with van der Waals surface area (Å²) in [4.78, 5) is 15.8. The molecule has 0 aliphatic heterocycles. The summed E-state index contributed by atoms with van der Waals surface area (Å²) in [6.07, 6.45) is -3.95. The van der Waals surface area contributed by atoms with E-state index in [1.807, 2.05) is 10.9 Å². The van der Waals surface area contributed by atoms with Crippen LogP contribution >= 0.6 is 0 Å². The molecule has 0 aromatic carbocycles. The number of rotatable bonds is 6. The highest BCUT2D eigenvalue weighted by molar-refractivity contribution is 5.75. The minimum atomic E-state index is -4.67. The Bertz CT molecular complexity index is 260. The zero-order valence-corrected chi connectivity index (χ0v) is 10.3. The van der Waals surface area contributed by atoms with E-state index in [2.05, 4.69) is 4.84 Å². The van der Waals surface area contributed by atoms with Gasteiger partial charge in [0.05, 0.1) is 0 Å². The molecule has 0 saturated heterocycles. The van der Waals surface area contributed by atoms with E-state index < -0.39 is 17.8 Å². The predicted molar refractivity (Wildman–Crippen MR) is 55.4 cm³/mol. The Morgan fingerprint density at radius 2 is 1.94 bits per heavy atom. The molecule has 0 bridgehead atoms. The topological polar surface area (TPSA) is 53.6 Å². The Hall–Kier alpha value is -0.860. The van der Waals surface area contributed by atoms with Crippen molar-refractivity contribution in [2.45, 2.75) is 38.6 Å². The molecule has 1 unspecified atom stereocenters. The molecule has 0 fully saturated rings. The van der Waals surface area contributed by atoms with Gasteiger partial charge in [-0.05, 0) is 13.3 Å². The maximum absolute atomic E-state index is 12.7. The summed E-state index contributed by atoms with van der Waals surface area (Å²) in [6, 6.07) is 0.